The van der Waals surface area contributed by atoms with Crippen molar-refractivity contribution >= 4 is 27.5 Å². The van der Waals surface area contributed by atoms with Crippen LogP contribution in [0.25, 0.3) is 0 Å². The van der Waals surface area contributed by atoms with Crippen LogP contribution in [0.2, 0.25) is 5.02 Å². The number of sulfonamides is 1. The average molecular weight is 417 g/mol. The first-order chi connectivity index (χ1) is 12.8. The van der Waals surface area contributed by atoms with E-state index in [4.69, 9.17) is 16.3 Å². The molecule has 0 bridgehead atoms. The Morgan fingerprint density at radius 2 is 2.15 bits per heavy atom. The molecule has 1 amide bonds. The Labute approximate surface area is 167 Å². The molecular weight excluding hydrogens is 388 g/mol. The van der Waals surface area contributed by atoms with Crippen molar-refractivity contribution in [3.8, 4) is 5.75 Å². The molecule has 1 fully saturated rings. The molecule has 1 aromatic carbocycles. The molecule has 27 heavy (non-hydrogen) atoms. The van der Waals surface area contributed by atoms with Crippen LogP contribution in [0.15, 0.2) is 23.1 Å². The zero-order valence-corrected chi connectivity index (χ0v) is 17.8. The summed E-state index contributed by atoms with van der Waals surface area (Å²) in [5.41, 5.74) is 0. The predicted octanol–water partition coefficient (Wildman–Crippen LogP) is 3.44. The lowest BCUT2D eigenvalue weighted by Crippen LogP contribution is -2.47. The molecule has 1 aliphatic rings. The number of amides is 1. The van der Waals surface area contributed by atoms with Gasteiger partial charge in [0.15, 0.2) is 0 Å². The molecule has 152 valence electrons. The second-order valence-corrected chi connectivity index (χ2v) is 9.27. The second kappa shape index (κ2) is 9.75. The minimum Gasteiger partial charge on any atom is -0.492 e. The number of rotatable bonds is 8. The highest BCUT2D eigenvalue weighted by Crippen LogP contribution is 2.30. The molecule has 0 spiro atoms. The van der Waals surface area contributed by atoms with Crippen molar-refractivity contribution < 1.29 is 17.9 Å². The summed E-state index contributed by atoms with van der Waals surface area (Å²) in [7, 11) is -3.71. The van der Waals surface area contributed by atoms with E-state index in [1.54, 1.807) is 6.07 Å². The SMILES string of the molecule is CCC[C@H](C)NC(=O)[C@@H]1CCCN(S(=O)(=O)c2ccc(OCC)c(Cl)c2)C1. The van der Waals surface area contributed by atoms with E-state index in [1.807, 2.05) is 13.8 Å². The number of nitrogens with one attached hydrogen (secondary N) is 1. The summed E-state index contributed by atoms with van der Waals surface area (Å²) in [5, 5.41) is 3.26. The van der Waals surface area contributed by atoms with Crippen LogP contribution in [-0.4, -0.2) is 44.4 Å². The van der Waals surface area contributed by atoms with Gasteiger partial charge in [0, 0.05) is 19.1 Å². The zero-order chi connectivity index (χ0) is 20.0. The van der Waals surface area contributed by atoms with Gasteiger partial charge >= 0.3 is 0 Å². The third-order valence-corrected chi connectivity index (χ3v) is 6.86. The van der Waals surface area contributed by atoms with Gasteiger partial charge in [-0.3, -0.25) is 4.79 Å². The number of benzene rings is 1. The van der Waals surface area contributed by atoms with Gasteiger partial charge in [-0.05, 0) is 51.3 Å². The van der Waals surface area contributed by atoms with E-state index < -0.39 is 10.0 Å². The van der Waals surface area contributed by atoms with Crippen LogP contribution >= 0.6 is 11.6 Å². The third kappa shape index (κ3) is 5.59. The minimum atomic E-state index is -3.71. The molecule has 2 rings (SSSR count). The number of ether oxygens (including phenoxy) is 1. The Kier molecular flexibility index (Phi) is 7.94. The van der Waals surface area contributed by atoms with Gasteiger partial charge in [-0.2, -0.15) is 4.31 Å². The molecular formula is C19H29ClN2O4S. The molecule has 1 saturated heterocycles. The Balaban J connectivity index is 2.12. The summed E-state index contributed by atoms with van der Waals surface area (Å²) in [4.78, 5) is 12.6. The largest absolute Gasteiger partial charge is 0.492 e. The van der Waals surface area contributed by atoms with Crippen LogP contribution in [0.1, 0.15) is 46.5 Å². The Hall–Kier alpha value is -1.31. The van der Waals surface area contributed by atoms with E-state index in [-0.39, 0.29) is 34.3 Å². The molecule has 1 aromatic rings. The van der Waals surface area contributed by atoms with E-state index in [0.717, 1.165) is 12.8 Å². The summed E-state index contributed by atoms with van der Waals surface area (Å²) >= 11 is 6.15. The summed E-state index contributed by atoms with van der Waals surface area (Å²) in [6, 6.07) is 4.58. The Morgan fingerprint density at radius 1 is 1.41 bits per heavy atom. The van der Waals surface area contributed by atoms with Crippen molar-refractivity contribution in [2.45, 2.75) is 57.4 Å². The van der Waals surface area contributed by atoms with Crippen LogP contribution in [0.3, 0.4) is 0 Å². The first kappa shape index (κ1) is 22.0. The van der Waals surface area contributed by atoms with E-state index >= 15 is 0 Å². The molecule has 1 aliphatic heterocycles. The maximum atomic E-state index is 13.0. The van der Waals surface area contributed by atoms with Crippen molar-refractivity contribution in [3.63, 3.8) is 0 Å². The van der Waals surface area contributed by atoms with Gasteiger partial charge in [-0.1, -0.05) is 24.9 Å². The van der Waals surface area contributed by atoms with Crippen molar-refractivity contribution in [1.29, 1.82) is 0 Å². The Bertz CT molecular complexity index is 754. The highest BCUT2D eigenvalue weighted by Gasteiger charge is 2.33. The predicted molar refractivity (Wildman–Crippen MR) is 107 cm³/mol. The number of carbonyl (C=O) groups excluding carboxylic acids is 1. The lowest BCUT2D eigenvalue weighted by atomic mass is 9.98. The number of nitrogens with zero attached hydrogens (tertiary/aromatic N) is 1. The van der Waals surface area contributed by atoms with Crippen LogP contribution in [0, 0.1) is 5.92 Å². The minimum absolute atomic E-state index is 0.0689. The van der Waals surface area contributed by atoms with Gasteiger partial charge < -0.3 is 10.1 Å². The number of halogens is 1. The van der Waals surface area contributed by atoms with Crippen LogP contribution < -0.4 is 10.1 Å². The lowest BCUT2D eigenvalue weighted by molar-refractivity contribution is -0.126. The molecule has 0 aliphatic carbocycles. The molecule has 1 N–H and O–H groups in total. The maximum Gasteiger partial charge on any atom is 0.243 e. The van der Waals surface area contributed by atoms with Gasteiger partial charge in [0.2, 0.25) is 15.9 Å². The molecule has 6 nitrogen and oxygen atoms in total. The maximum absolute atomic E-state index is 13.0. The van der Waals surface area contributed by atoms with Crippen LogP contribution in [0.5, 0.6) is 5.75 Å². The van der Waals surface area contributed by atoms with Gasteiger partial charge in [-0.15, -0.1) is 0 Å². The van der Waals surface area contributed by atoms with Crippen molar-refractivity contribution in [1.82, 2.24) is 9.62 Å². The van der Waals surface area contributed by atoms with E-state index in [9.17, 15) is 13.2 Å². The summed E-state index contributed by atoms with van der Waals surface area (Å²) in [6.07, 6.45) is 3.25. The van der Waals surface area contributed by atoms with Crippen molar-refractivity contribution in [3.05, 3.63) is 23.2 Å². The topological polar surface area (TPSA) is 75.7 Å². The highest BCUT2D eigenvalue weighted by atomic mass is 35.5. The highest BCUT2D eigenvalue weighted by molar-refractivity contribution is 7.89. The fourth-order valence-electron chi connectivity index (χ4n) is 3.30. The van der Waals surface area contributed by atoms with Gasteiger partial charge in [0.25, 0.3) is 0 Å². The van der Waals surface area contributed by atoms with E-state index in [1.165, 1.54) is 16.4 Å². The average Bonchev–Trinajstić information content (AvgIpc) is 2.63. The monoisotopic (exact) mass is 416 g/mol. The standard InChI is InChI=1S/C19H29ClN2O4S/c1-4-7-14(3)21-19(23)15-8-6-11-22(13-15)27(24,25)16-9-10-18(26-5-2)17(20)12-16/h9-10,12,14-15H,4-8,11,13H2,1-3H3,(H,21,23)/t14-,15+/m0/s1. The van der Waals surface area contributed by atoms with Gasteiger partial charge in [0.1, 0.15) is 5.75 Å². The van der Waals surface area contributed by atoms with Gasteiger partial charge in [-0.25, -0.2) is 8.42 Å². The van der Waals surface area contributed by atoms with Crippen LogP contribution in [0.4, 0.5) is 0 Å². The molecule has 2 atom stereocenters. The van der Waals surface area contributed by atoms with Crippen molar-refractivity contribution in [2.75, 3.05) is 19.7 Å². The molecule has 0 radical (unpaired) electrons. The summed E-state index contributed by atoms with van der Waals surface area (Å²) in [6.45, 7) is 6.92. The molecule has 8 heteroatoms. The first-order valence-electron chi connectivity index (χ1n) is 9.52. The second-order valence-electron chi connectivity index (χ2n) is 6.93. The molecule has 0 saturated carbocycles. The van der Waals surface area contributed by atoms with E-state index in [2.05, 4.69) is 12.2 Å². The molecule has 1 heterocycles. The van der Waals surface area contributed by atoms with Gasteiger partial charge in [0.05, 0.1) is 22.4 Å². The van der Waals surface area contributed by atoms with E-state index in [0.29, 0.717) is 31.7 Å². The smallest absolute Gasteiger partial charge is 0.243 e. The number of carbonyl (C=O) groups is 1. The van der Waals surface area contributed by atoms with Crippen molar-refractivity contribution in [2.24, 2.45) is 5.92 Å². The number of hydrogen-bond acceptors (Lipinski definition) is 4. The number of piperidine rings is 1. The first-order valence-corrected chi connectivity index (χ1v) is 11.3. The summed E-state index contributed by atoms with van der Waals surface area (Å²) < 4.78 is 32.7. The lowest BCUT2D eigenvalue weighted by Gasteiger charge is -2.32. The normalized spacial score (nSPS) is 19.5. The van der Waals surface area contributed by atoms with Crippen LogP contribution in [-0.2, 0) is 14.8 Å². The quantitative estimate of drug-likeness (QED) is 0.704. The molecule has 0 unspecified atom stereocenters. The number of hydrogen-bond donors (Lipinski definition) is 1. The Morgan fingerprint density at radius 3 is 2.78 bits per heavy atom. The fourth-order valence-corrected chi connectivity index (χ4v) is 5.15. The third-order valence-electron chi connectivity index (χ3n) is 4.71. The summed E-state index contributed by atoms with van der Waals surface area (Å²) in [5.74, 6) is 0.0607. The fraction of sp³-hybridized carbons (Fsp3) is 0.632. The molecule has 0 aromatic heterocycles. The zero-order valence-electron chi connectivity index (χ0n) is 16.2.